The standard InChI is InChI=1S/C16H20N4/c1-2-7-11-16(10-6-1,15-13-17-19-20-18-15)12-14-8-4-3-5-9-14/h3-5,8-9,13H,1-2,6-7,10-12H2. The molecule has 4 nitrogen and oxygen atoms in total. The van der Waals surface area contributed by atoms with E-state index in [2.05, 4.69) is 51.0 Å². The summed E-state index contributed by atoms with van der Waals surface area (Å²) in [6.45, 7) is 0. The number of nitrogens with zero attached hydrogens (tertiary/aromatic N) is 4. The number of hydrogen-bond acceptors (Lipinski definition) is 4. The maximum atomic E-state index is 4.29. The first kappa shape index (κ1) is 13.2. The zero-order valence-electron chi connectivity index (χ0n) is 11.7. The van der Waals surface area contributed by atoms with Crippen molar-refractivity contribution in [2.75, 3.05) is 0 Å². The third-order valence-corrected chi connectivity index (χ3v) is 4.41. The van der Waals surface area contributed by atoms with Gasteiger partial charge in [0.2, 0.25) is 0 Å². The first-order valence-electron chi connectivity index (χ1n) is 7.45. The molecule has 20 heavy (non-hydrogen) atoms. The Kier molecular flexibility index (Phi) is 4.00. The number of hydrogen-bond donors (Lipinski definition) is 0. The summed E-state index contributed by atoms with van der Waals surface area (Å²) in [4.78, 5) is 0. The summed E-state index contributed by atoms with van der Waals surface area (Å²) in [7, 11) is 0. The second-order valence-corrected chi connectivity index (χ2v) is 5.77. The van der Waals surface area contributed by atoms with Crippen LogP contribution in [0.1, 0.15) is 49.8 Å². The van der Waals surface area contributed by atoms with E-state index in [1.165, 1.54) is 44.1 Å². The molecule has 1 saturated carbocycles. The highest BCUT2D eigenvalue weighted by Crippen LogP contribution is 2.39. The molecular weight excluding hydrogens is 248 g/mol. The topological polar surface area (TPSA) is 51.6 Å². The molecule has 0 saturated heterocycles. The predicted octanol–water partition coefficient (Wildman–Crippen LogP) is 3.10. The van der Waals surface area contributed by atoms with Crippen LogP contribution in [0.4, 0.5) is 0 Å². The fraction of sp³-hybridized carbons (Fsp3) is 0.500. The molecular formula is C16H20N4. The van der Waals surface area contributed by atoms with Crippen LogP contribution in [0.3, 0.4) is 0 Å². The summed E-state index contributed by atoms with van der Waals surface area (Å²) in [6.07, 6.45) is 10.3. The first-order valence-corrected chi connectivity index (χ1v) is 7.45. The average molecular weight is 268 g/mol. The van der Waals surface area contributed by atoms with Crippen molar-refractivity contribution in [3.8, 4) is 0 Å². The molecule has 0 amide bonds. The van der Waals surface area contributed by atoms with Gasteiger partial charge in [0.05, 0.1) is 11.9 Å². The van der Waals surface area contributed by atoms with Crippen LogP contribution in [0.15, 0.2) is 36.5 Å². The minimum Gasteiger partial charge on any atom is -0.135 e. The van der Waals surface area contributed by atoms with E-state index in [1.807, 2.05) is 0 Å². The molecule has 0 aliphatic heterocycles. The van der Waals surface area contributed by atoms with Crippen molar-refractivity contribution in [1.29, 1.82) is 0 Å². The number of benzene rings is 1. The van der Waals surface area contributed by atoms with Gasteiger partial charge in [-0.15, -0.1) is 10.2 Å². The van der Waals surface area contributed by atoms with E-state index in [-0.39, 0.29) is 5.41 Å². The zero-order chi connectivity index (χ0) is 13.7. The lowest BCUT2D eigenvalue weighted by molar-refractivity contribution is 0.349. The van der Waals surface area contributed by atoms with Gasteiger partial charge in [0.15, 0.2) is 0 Å². The molecule has 4 heteroatoms. The molecule has 0 spiro atoms. The maximum Gasteiger partial charge on any atom is 0.0915 e. The van der Waals surface area contributed by atoms with Crippen LogP contribution in [-0.2, 0) is 11.8 Å². The summed E-state index contributed by atoms with van der Waals surface area (Å²) in [5, 5.41) is 15.6. The maximum absolute atomic E-state index is 4.29. The van der Waals surface area contributed by atoms with E-state index in [0.717, 1.165) is 12.1 Å². The Balaban J connectivity index is 1.94. The molecule has 1 fully saturated rings. The predicted molar refractivity (Wildman–Crippen MR) is 77.1 cm³/mol. The van der Waals surface area contributed by atoms with Crippen molar-refractivity contribution in [2.24, 2.45) is 0 Å². The Morgan fingerprint density at radius 2 is 1.65 bits per heavy atom. The van der Waals surface area contributed by atoms with Crippen molar-refractivity contribution in [1.82, 2.24) is 20.6 Å². The van der Waals surface area contributed by atoms with E-state index in [9.17, 15) is 0 Å². The second kappa shape index (κ2) is 6.07. The minimum atomic E-state index is 0.0841. The lowest BCUT2D eigenvalue weighted by Crippen LogP contribution is -2.30. The molecule has 0 radical (unpaired) electrons. The molecule has 0 bridgehead atoms. The van der Waals surface area contributed by atoms with Gasteiger partial charge in [0.1, 0.15) is 0 Å². The Labute approximate surface area is 119 Å². The molecule has 2 aromatic rings. The van der Waals surface area contributed by atoms with E-state index in [0.29, 0.717) is 0 Å². The van der Waals surface area contributed by atoms with Gasteiger partial charge in [-0.2, -0.15) is 0 Å². The van der Waals surface area contributed by atoms with E-state index in [4.69, 9.17) is 0 Å². The van der Waals surface area contributed by atoms with Crippen molar-refractivity contribution < 1.29 is 0 Å². The first-order chi connectivity index (χ1) is 9.89. The van der Waals surface area contributed by atoms with Crippen LogP contribution in [0.2, 0.25) is 0 Å². The van der Waals surface area contributed by atoms with Crippen molar-refractivity contribution >= 4 is 0 Å². The molecule has 1 aromatic heterocycles. The van der Waals surface area contributed by atoms with Gasteiger partial charge >= 0.3 is 0 Å². The molecule has 104 valence electrons. The van der Waals surface area contributed by atoms with Crippen LogP contribution in [0, 0.1) is 0 Å². The quantitative estimate of drug-likeness (QED) is 0.803. The van der Waals surface area contributed by atoms with Crippen LogP contribution >= 0.6 is 0 Å². The Bertz CT molecular complexity index is 519. The van der Waals surface area contributed by atoms with E-state index in [1.54, 1.807) is 6.20 Å². The molecule has 1 aromatic carbocycles. The van der Waals surface area contributed by atoms with Gasteiger partial charge in [-0.1, -0.05) is 56.0 Å². The van der Waals surface area contributed by atoms with Gasteiger partial charge in [0.25, 0.3) is 0 Å². The summed E-state index contributed by atoms with van der Waals surface area (Å²) in [5.74, 6) is 0. The SMILES string of the molecule is c1ccc(CC2(c3cnnnn3)CCCCCC2)cc1. The fourth-order valence-electron chi connectivity index (χ4n) is 3.36. The molecule has 0 N–H and O–H groups in total. The summed E-state index contributed by atoms with van der Waals surface area (Å²) in [5.41, 5.74) is 2.46. The lowest BCUT2D eigenvalue weighted by atomic mass is 9.73. The van der Waals surface area contributed by atoms with Crippen LogP contribution in [0.25, 0.3) is 0 Å². The highest BCUT2D eigenvalue weighted by atomic mass is 15.4. The number of rotatable bonds is 3. The van der Waals surface area contributed by atoms with Gasteiger partial charge in [0, 0.05) is 5.41 Å². The summed E-state index contributed by atoms with van der Waals surface area (Å²) >= 11 is 0. The third kappa shape index (κ3) is 2.84. The van der Waals surface area contributed by atoms with Crippen molar-refractivity contribution in [2.45, 2.75) is 50.4 Å². The summed E-state index contributed by atoms with van der Waals surface area (Å²) in [6, 6.07) is 10.7. The van der Waals surface area contributed by atoms with E-state index >= 15 is 0 Å². The number of aromatic nitrogens is 4. The van der Waals surface area contributed by atoms with Crippen molar-refractivity contribution in [3.05, 3.63) is 47.8 Å². The molecule has 0 atom stereocenters. The smallest absolute Gasteiger partial charge is 0.0915 e. The van der Waals surface area contributed by atoms with Gasteiger partial charge in [-0.25, -0.2) is 0 Å². The lowest BCUT2D eigenvalue weighted by Gasteiger charge is -2.31. The van der Waals surface area contributed by atoms with Crippen molar-refractivity contribution in [3.63, 3.8) is 0 Å². The second-order valence-electron chi connectivity index (χ2n) is 5.77. The third-order valence-electron chi connectivity index (χ3n) is 4.41. The largest absolute Gasteiger partial charge is 0.135 e. The molecule has 3 rings (SSSR count). The van der Waals surface area contributed by atoms with Gasteiger partial charge < -0.3 is 0 Å². The summed E-state index contributed by atoms with van der Waals surface area (Å²) < 4.78 is 0. The van der Waals surface area contributed by atoms with Crippen LogP contribution in [-0.4, -0.2) is 20.6 Å². The van der Waals surface area contributed by atoms with Gasteiger partial charge in [-0.05, 0) is 35.3 Å². The molecule has 1 aliphatic carbocycles. The van der Waals surface area contributed by atoms with Crippen LogP contribution in [0.5, 0.6) is 0 Å². The highest BCUT2D eigenvalue weighted by Gasteiger charge is 2.35. The van der Waals surface area contributed by atoms with E-state index < -0.39 is 0 Å². The Hall–Kier alpha value is -1.84. The fourth-order valence-corrected chi connectivity index (χ4v) is 3.36. The normalized spacial score (nSPS) is 18.4. The van der Waals surface area contributed by atoms with Gasteiger partial charge in [-0.3, -0.25) is 0 Å². The molecule has 1 heterocycles. The molecule has 0 unspecified atom stereocenters. The highest BCUT2D eigenvalue weighted by molar-refractivity contribution is 5.23. The average Bonchev–Trinajstić information content (AvgIpc) is 2.76. The minimum absolute atomic E-state index is 0.0841. The molecule has 1 aliphatic rings. The van der Waals surface area contributed by atoms with Crippen LogP contribution < -0.4 is 0 Å². The Morgan fingerprint density at radius 1 is 0.900 bits per heavy atom. The Morgan fingerprint density at radius 3 is 2.30 bits per heavy atom. The zero-order valence-corrected chi connectivity index (χ0v) is 11.7. The monoisotopic (exact) mass is 268 g/mol.